The van der Waals surface area contributed by atoms with Crippen LogP contribution in [-0.4, -0.2) is 32.6 Å². The van der Waals surface area contributed by atoms with E-state index in [9.17, 15) is 5.11 Å². The second kappa shape index (κ2) is 4.96. The van der Waals surface area contributed by atoms with E-state index in [1.54, 1.807) is 11.8 Å². The topological polar surface area (TPSA) is 71.2 Å². The van der Waals surface area contributed by atoms with Gasteiger partial charge in [0, 0.05) is 11.3 Å². The van der Waals surface area contributed by atoms with Crippen LogP contribution in [0.2, 0.25) is 0 Å². The lowest BCUT2D eigenvalue weighted by Crippen LogP contribution is -2.15. The van der Waals surface area contributed by atoms with Crippen LogP contribution in [0.3, 0.4) is 0 Å². The van der Waals surface area contributed by atoms with Crippen molar-refractivity contribution in [2.24, 2.45) is 0 Å². The molecule has 0 bridgehead atoms. The van der Waals surface area contributed by atoms with Crippen LogP contribution in [0.5, 0.6) is 0 Å². The van der Waals surface area contributed by atoms with Crippen LogP contribution in [-0.2, 0) is 5.75 Å². The van der Waals surface area contributed by atoms with Crippen molar-refractivity contribution in [1.82, 2.24) is 15.5 Å². The zero-order valence-corrected chi connectivity index (χ0v) is 11.3. The van der Waals surface area contributed by atoms with Gasteiger partial charge in [0.05, 0.1) is 17.9 Å². The lowest BCUT2D eigenvalue weighted by Gasteiger charge is -2.15. The SMILES string of the molecule is CC(C)(C)SCc1noc([C@@H]2CC(O)CN2)n1. The molecule has 0 aromatic carbocycles. The van der Waals surface area contributed by atoms with Crippen LogP contribution >= 0.6 is 11.8 Å². The molecule has 1 unspecified atom stereocenters. The fourth-order valence-corrected chi connectivity index (χ4v) is 2.33. The molecule has 17 heavy (non-hydrogen) atoms. The van der Waals surface area contributed by atoms with Crippen molar-refractivity contribution in [1.29, 1.82) is 0 Å². The highest BCUT2D eigenvalue weighted by Gasteiger charge is 2.28. The van der Waals surface area contributed by atoms with E-state index >= 15 is 0 Å². The van der Waals surface area contributed by atoms with Crippen LogP contribution in [0.4, 0.5) is 0 Å². The zero-order valence-electron chi connectivity index (χ0n) is 10.4. The van der Waals surface area contributed by atoms with Gasteiger partial charge in [0.25, 0.3) is 0 Å². The van der Waals surface area contributed by atoms with Crippen molar-refractivity contribution < 1.29 is 9.63 Å². The molecule has 0 amide bonds. The summed E-state index contributed by atoms with van der Waals surface area (Å²) < 4.78 is 5.41. The van der Waals surface area contributed by atoms with Gasteiger partial charge in [-0.25, -0.2) is 0 Å². The molecule has 2 heterocycles. The van der Waals surface area contributed by atoms with Crippen LogP contribution < -0.4 is 5.32 Å². The Morgan fingerprint density at radius 1 is 1.53 bits per heavy atom. The number of hydrogen-bond donors (Lipinski definition) is 2. The van der Waals surface area contributed by atoms with E-state index in [0.29, 0.717) is 18.9 Å². The van der Waals surface area contributed by atoms with Crippen molar-refractivity contribution in [2.75, 3.05) is 6.54 Å². The highest BCUT2D eigenvalue weighted by atomic mass is 32.2. The van der Waals surface area contributed by atoms with Crippen molar-refractivity contribution >= 4 is 11.8 Å². The predicted octanol–water partition coefficient (Wildman–Crippen LogP) is 1.50. The Morgan fingerprint density at radius 3 is 2.88 bits per heavy atom. The Hall–Kier alpha value is -0.590. The molecule has 6 heteroatoms. The van der Waals surface area contributed by atoms with Gasteiger partial charge in [-0.15, -0.1) is 11.8 Å². The van der Waals surface area contributed by atoms with Crippen LogP contribution in [0.25, 0.3) is 0 Å². The zero-order chi connectivity index (χ0) is 12.5. The van der Waals surface area contributed by atoms with Gasteiger partial charge in [-0.3, -0.25) is 0 Å². The number of hydrogen-bond acceptors (Lipinski definition) is 6. The summed E-state index contributed by atoms with van der Waals surface area (Å²) in [5.74, 6) is 2.07. The quantitative estimate of drug-likeness (QED) is 0.855. The first-order chi connectivity index (χ1) is 7.94. The van der Waals surface area contributed by atoms with E-state index < -0.39 is 0 Å². The third-order valence-corrected chi connectivity index (χ3v) is 3.79. The number of rotatable bonds is 3. The van der Waals surface area contributed by atoms with E-state index in [1.165, 1.54) is 0 Å². The van der Waals surface area contributed by atoms with Crippen molar-refractivity contribution in [3.8, 4) is 0 Å². The van der Waals surface area contributed by atoms with E-state index in [4.69, 9.17) is 4.52 Å². The van der Waals surface area contributed by atoms with Crippen LogP contribution in [0.1, 0.15) is 44.9 Å². The molecule has 2 atom stereocenters. The molecule has 0 saturated carbocycles. The van der Waals surface area contributed by atoms with Crippen LogP contribution in [0, 0.1) is 0 Å². The summed E-state index contributed by atoms with van der Waals surface area (Å²) in [6.45, 7) is 7.08. The molecule has 1 aliphatic rings. The maximum atomic E-state index is 9.42. The van der Waals surface area contributed by atoms with Gasteiger partial charge >= 0.3 is 0 Å². The first-order valence-corrected chi connectivity index (χ1v) is 6.80. The van der Waals surface area contributed by atoms with Gasteiger partial charge in [-0.1, -0.05) is 25.9 Å². The average molecular weight is 257 g/mol. The molecule has 2 rings (SSSR count). The minimum absolute atomic E-state index is 0.00545. The lowest BCUT2D eigenvalue weighted by molar-refractivity contribution is 0.191. The molecule has 0 radical (unpaired) electrons. The molecular weight excluding hydrogens is 238 g/mol. The number of aliphatic hydroxyl groups is 1. The number of thioether (sulfide) groups is 1. The Balaban J connectivity index is 1.92. The number of nitrogens with zero attached hydrogens (tertiary/aromatic N) is 2. The Labute approximate surface area is 105 Å². The highest BCUT2D eigenvalue weighted by molar-refractivity contribution is 7.99. The number of aromatic nitrogens is 2. The predicted molar refractivity (Wildman–Crippen MR) is 66.7 cm³/mol. The monoisotopic (exact) mass is 257 g/mol. The van der Waals surface area contributed by atoms with Crippen LogP contribution in [0.15, 0.2) is 4.52 Å². The average Bonchev–Trinajstić information content (AvgIpc) is 2.81. The molecule has 1 aromatic heterocycles. The van der Waals surface area contributed by atoms with Crippen molar-refractivity contribution in [3.05, 3.63) is 11.7 Å². The maximum absolute atomic E-state index is 9.42. The Bertz CT molecular complexity index is 375. The number of aliphatic hydroxyl groups excluding tert-OH is 1. The summed E-state index contributed by atoms with van der Waals surface area (Å²) >= 11 is 1.79. The maximum Gasteiger partial charge on any atom is 0.243 e. The molecule has 0 aliphatic carbocycles. The van der Waals surface area contributed by atoms with E-state index in [-0.39, 0.29) is 16.9 Å². The largest absolute Gasteiger partial charge is 0.392 e. The number of β-amino-alcohol motifs (C(OH)–C–C–N with tert-alkyl or cyclic N) is 1. The fourth-order valence-electron chi connectivity index (χ4n) is 1.65. The minimum atomic E-state index is -0.306. The first kappa shape index (κ1) is 12.9. The second-order valence-electron chi connectivity index (χ2n) is 5.30. The Morgan fingerprint density at radius 2 is 2.29 bits per heavy atom. The standard InChI is InChI=1S/C11H19N3O2S/c1-11(2,3)17-6-9-13-10(16-14-9)8-4-7(15)5-12-8/h7-8,12,15H,4-6H2,1-3H3/t7?,8-/m0/s1. The summed E-state index contributed by atoms with van der Waals surface area (Å²) in [5.41, 5.74) is 0. The molecule has 1 aromatic rings. The van der Waals surface area contributed by atoms with E-state index in [0.717, 1.165) is 11.6 Å². The summed E-state index contributed by atoms with van der Waals surface area (Å²) in [6, 6.07) is 0.00545. The fraction of sp³-hybridized carbons (Fsp3) is 0.818. The lowest BCUT2D eigenvalue weighted by atomic mass is 10.2. The summed E-state index contributed by atoms with van der Waals surface area (Å²) in [7, 11) is 0. The van der Waals surface area contributed by atoms with Gasteiger partial charge in [0.15, 0.2) is 5.82 Å². The molecule has 96 valence electrons. The Kier molecular flexibility index (Phi) is 3.75. The number of nitrogens with one attached hydrogen (secondary N) is 1. The molecule has 1 fully saturated rings. The van der Waals surface area contributed by atoms with Gasteiger partial charge in [-0.2, -0.15) is 4.98 Å². The third-order valence-electron chi connectivity index (χ3n) is 2.52. The molecular formula is C11H19N3O2S. The van der Waals surface area contributed by atoms with E-state index in [1.807, 2.05) is 0 Å². The molecule has 2 N–H and O–H groups in total. The van der Waals surface area contributed by atoms with Crippen molar-refractivity contribution in [2.45, 2.75) is 49.8 Å². The first-order valence-electron chi connectivity index (χ1n) is 5.82. The van der Waals surface area contributed by atoms with Gasteiger partial charge in [-0.05, 0) is 6.42 Å². The third kappa shape index (κ3) is 3.69. The van der Waals surface area contributed by atoms with Crippen molar-refractivity contribution in [3.63, 3.8) is 0 Å². The highest BCUT2D eigenvalue weighted by Crippen LogP contribution is 2.27. The van der Waals surface area contributed by atoms with Gasteiger partial charge in [0.2, 0.25) is 5.89 Å². The van der Waals surface area contributed by atoms with E-state index in [2.05, 4.69) is 36.2 Å². The molecule has 0 spiro atoms. The summed E-state index contributed by atoms with van der Waals surface area (Å²) in [4.78, 5) is 4.36. The smallest absolute Gasteiger partial charge is 0.243 e. The normalized spacial score (nSPS) is 25.4. The molecule has 1 aliphatic heterocycles. The van der Waals surface area contributed by atoms with Gasteiger partial charge in [0.1, 0.15) is 0 Å². The molecule has 1 saturated heterocycles. The van der Waals surface area contributed by atoms with Gasteiger partial charge < -0.3 is 14.9 Å². The summed E-state index contributed by atoms with van der Waals surface area (Å²) in [6.07, 6.45) is 0.341. The molecule has 5 nitrogen and oxygen atoms in total. The summed E-state index contributed by atoms with van der Waals surface area (Å²) in [5, 5.41) is 16.5. The minimum Gasteiger partial charge on any atom is -0.392 e. The second-order valence-corrected chi connectivity index (χ2v) is 7.10.